The third kappa shape index (κ3) is 4.21. The van der Waals surface area contributed by atoms with Crippen LogP contribution in [0, 0.1) is 5.82 Å². The summed E-state index contributed by atoms with van der Waals surface area (Å²) in [5, 5.41) is 4.88. The number of halogens is 1. The smallest absolute Gasteiger partial charge is 0.248 e. The molecule has 0 bridgehead atoms. The average Bonchev–Trinajstić information content (AvgIpc) is 3.06. The van der Waals surface area contributed by atoms with Crippen molar-refractivity contribution in [3.05, 3.63) is 95.3 Å². The first-order valence-electron chi connectivity index (χ1n) is 11.6. The minimum Gasteiger partial charge on any atom is -0.350 e. The topological polar surface area (TPSA) is 54.3 Å². The van der Waals surface area contributed by atoms with Crippen molar-refractivity contribution >= 4 is 40.2 Å². The quantitative estimate of drug-likeness (QED) is 0.411. The van der Waals surface area contributed by atoms with Gasteiger partial charge in [0.1, 0.15) is 11.9 Å². The van der Waals surface area contributed by atoms with Crippen molar-refractivity contribution in [1.82, 2.24) is 9.88 Å². The number of fused-ring (bicyclic) bond motifs is 3. The number of aromatic nitrogens is 1. The minimum atomic E-state index is -0.841. The van der Waals surface area contributed by atoms with Gasteiger partial charge in [0.2, 0.25) is 11.8 Å². The van der Waals surface area contributed by atoms with Gasteiger partial charge >= 0.3 is 0 Å². The molecule has 0 unspecified atom stereocenters. The molecule has 0 saturated heterocycles. The largest absolute Gasteiger partial charge is 0.350 e. The summed E-state index contributed by atoms with van der Waals surface area (Å²) in [6, 6.07) is 20.9. The Bertz CT molecular complexity index is 1410. The molecule has 0 radical (unpaired) electrons. The molecule has 2 amide bonds. The highest BCUT2D eigenvalue weighted by atomic mass is 32.2. The predicted octanol–water partition coefficient (Wildman–Crippen LogP) is 5.38. The third-order valence-corrected chi connectivity index (χ3v) is 7.64. The van der Waals surface area contributed by atoms with Crippen LogP contribution in [0.2, 0.25) is 0 Å². The summed E-state index contributed by atoms with van der Waals surface area (Å²) in [6.07, 6.45) is 0.736. The first kappa shape index (κ1) is 23.2. The van der Waals surface area contributed by atoms with E-state index >= 15 is 0 Å². The Labute approximate surface area is 207 Å². The van der Waals surface area contributed by atoms with Gasteiger partial charge in [0, 0.05) is 35.7 Å². The Kier molecular flexibility index (Phi) is 6.34. The number of carbonyl (C=O) groups is 2. The molecule has 5 nitrogen and oxygen atoms in total. The Morgan fingerprint density at radius 3 is 2.54 bits per heavy atom. The molecule has 7 heteroatoms. The van der Waals surface area contributed by atoms with Gasteiger partial charge in [-0.05, 0) is 41.8 Å². The van der Waals surface area contributed by atoms with Gasteiger partial charge < -0.3 is 9.88 Å². The number of para-hydroxylation sites is 2. The summed E-state index contributed by atoms with van der Waals surface area (Å²) < 4.78 is 15.4. The van der Waals surface area contributed by atoms with Gasteiger partial charge in [-0.3, -0.25) is 14.5 Å². The zero-order valence-electron chi connectivity index (χ0n) is 19.6. The molecule has 0 aliphatic carbocycles. The van der Waals surface area contributed by atoms with Crippen LogP contribution in [0.5, 0.6) is 0 Å². The van der Waals surface area contributed by atoms with Crippen LogP contribution in [0.4, 0.5) is 10.1 Å². The number of nitrogens with one attached hydrogen (secondary N) is 1. The van der Waals surface area contributed by atoms with Gasteiger partial charge in [0.05, 0.1) is 10.8 Å². The van der Waals surface area contributed by atoms with E-state index in [4.69, 9.17) is 0 Å². The normalized spacial score (nSPS) is 15.7. The minimum absolute atomic E-state index is 0.113. The zero-order valence-corrected chi connectivity index (χ0v) is 20.4. The molecular formula is C28H26FN3O2S. The third-order valence-electron chi connectivity index (χ3n) is 6.48. The van der Waals surface area contributed by atoms with Crippen LogP contribution < -0.4 is 10.2 Å². The SMILES string of the molecule is CCc1ccccc1N1C(=O)CSc2c(c3ccccc3n2C)[C@@H]1C(=O)NCc1ccc(F)cc1. The highest BCUT2D eigenvalue weighted by Gasteiger charge is 2.40. The lowest BCUT2D eigenvalue weighted by atomic mass is 10.00. The maximum atomic E-state index is 13.9. The maximum absolute atomic E-state index is 13.9. The Morgan fingerprint density at radius 2 is 1.77 bits per heavy atom. The lowest BCUT2D eigenvalue weighted by Crippen LogP contribution is -2.44. The molecule has 1 atom stereocenters. The van der Waals surface area contributed by atoms with Crippen molar-refractivity contribution in [2.45, 2.75) is 31.0 Å². The number of anilines is 1. The highest BCUT2D eigenvalue weighted by molar-refractivity contribution is 8.00. The Morgan fingerprint density at radius 1 is 1.06 bits per heavy atom. The van der Waals surface area contributed by atoms with E-state index in [1.165, 1.54) is 23.9 Å². The predicted molar refractivity (Wildman–Crippen MR) is 138 cm³/mol. The molecule has 178 valence electrons. The number of hydrogen-bond donors (Lipinski definition) is 1. The molecule has 1 N–H and O–H groups in total. The van der Waals surface area contributed by atoms with E-state index in [0.717, 1.165) is 44.7 Å². The summed E-state index contributed by atoms with van der Waals surface area (Å²) >= 11 is 1.47. The highest BCUT2D eigenvalue weighted by Crippen LogP contribution is 2.44. The van der Waals surface area contributed by atoms with Crippen LogP contribution in [0.15, 0.2) is 77.8 Å². The van der Waals surface area contributed by atoms with E-state index < -0.39 is 6.04 Å². The monoisotopic (exact) mass is 487 g/mol. The van der Waals surface area contributed by atoms with Gasteiger partial charge in [0.25, 0.3) is 0 Å². The first-order valence-corrected chi connectivity index (χ1v) is 12.6. The number of nitrogens with zero attached hydrogens (tertiary/aromatic N) is 2. The number of aryl methyl sites for hydroxylation is 2. The van der Waals surface area contributed by atoms with Crippen LogP contribution in [-0.4, -0.2) is 22.1 Å². The van der Waals surface area contributed by atoms with Gasteiger partial charge in [0.15, 0.2) is 0 Å². The summed E-state index contributed by atoms with van der Waals surface area (Å²) in [5.74, 6) is -0.474. The number of carbonyl (C=O) groups excluding carboxylic acids is 2. The second-order valence-corrected chi connectivity index (χ2v) is 9.54. The van der Waals surface area contributed by atoms with Gasteiger partial charge in [-0.2, -0.15) is 0 Å². The zero-order chi connectivity index (χ0) is 24.5. The van der Waals surface area contributed by atoms with E-state index in [2.05, 4.69) is 9.88 Å². The van der Waals surface area contributed by atoms with E-state index in [9.17, 15) is 14.0 Å². The number of benzene rings is 3. The summed E-state index contributed by atoms with van der Waals surface area (Å²) in [7, 11) is 1.97. The van der Waals surface area contributed by atoms with E-state index in [1.54, 1.807) is 17.0 Å². The van der Waals surface area contributed by atoms with Gasteiger partial charge in [-0.15, -0.1) is 0 Å². The fraction of sp³-hybridized carbons (Fsp3) is 0.214. The fourth-order valence-corrected chi connectivity index (χ4v) is 5.83. The molecule has 0 spiro atoms. The molecule has 1 aliphatic heterocycles. The van der Waals surface area contributed by atoms with Crippen molar-refractivity contribution in [1.29, 1.82) is 0 Å². The lowest BCUT2D eigenvalue weighted by molar-refractivity contribution is -0.125. The van der Waals surface area contributed by atoms with Crippen LogP contribution in [0.1, 0.15) is 29.7 Å². The van der Waals surface area contributed by atoms with Gasteiger partial charge in [-0.25, -0.2) is 4.39 Å². The van der Waals surface area contributed by atoms with E-state index in [0.29, 0.717) is 0 Å². The number of thioether (sulfide) groups is 1. The maximum Gasteiger partial charge on any atom is 0.248 e. The average molecular weight is 488 g/mol. The van der Waals surface area contributed by atoms with Crippen LogP contribution in [0.25, 0.3) is 10.9 Å². The second kappa shape index (κ2) is 9.58. The molecule has 1 aliphatic rings. The van der Waals surface area contributed by atoms with Crippen LogP contribution in [-0.2, 0) is 29.6 Å². The van der Waals surface area contributed by atoms with Gasteiger partial charge in [-0.1, -0.05) is 67.2 Å². The van der Waals surface area contributed by atoms with Crippen molar-refractivity contribution < 1.29 is 14.0 Å². The summed E-state index contributed by atoms with van der Waals surface area (Å²) in [4.78, 5) is 29.2. The summed E-state index contributed by atoms with van der Waals surface area (Å²) in [6.45, 7) is 2.28. The molecule has 35 heavy (non-hydrogen) atoms. The van der Waals surface area contributed by atoms with Crippen LogP contribution >= 0.6 is 11.8 Å². The molecule has 0 fully saturated rings. The van der Waals surface area contributed by atoms with E-state index in [1.807, 2.05) is 62.5 Å². The van der Waals surface area contributed by atoms with Crippen molar-refractivity contribution in [3.63, 3.8) is 0 Å². The van der Waals surface area contributed by atoms with Crippen molar-refractivity contribution in [2.24, 2.45) is 7.05 Å². The molecular weight excluding hydrogens is 461 g/mol. The molecule has 0 saturated carbocycles. The van der Waals surface area contributed by atoms with Crippen molar-refractivity contribution in [3.8, 4) is 0 Å². The molecule has 5 rings (SSSR count). The molecule has 1 aromatic heterocycles. The molecule has 3 aromatic carbocycles. The lowest BCUT2D eigenvalue weighted by Gasteiger charge is -2.31. The van der Waals surface area contributed by atoms with Crippen molar-refractivity contribution in [2.75, 3.05) is 10.7 Å². The number of rotatable bonds is 5. The molecule has 2 heterocycles. The van der Waals surface area contributed by atoms with Crippen LogP contribution in [0.3, 0.4) is 0 Å². The second-order valence-electron chi connectivity index (χ2n) is 8.58. The Balaban J connectivity index is 1.65. The molecule has 4 aromatic rings. The summed E-state index contributed by atoms with van der Waals surface area (Å²) in [5.41, 5.74) is 4.39. The van der Waals surface area contributed by atoms with E-state index in [-0.39, 0.29) is 29.9 Å². The Hall–Kier alpha value is -3.58. The number of amides is 2. The first-order chi connectivity index (χ1) is 17.0. The standard InChI is InChI=1S/C28H26FN3O2S/c1-3-19-8-4-6-10-22(19)32-24(33)17-35-28-25(21-9-5-7-11-23(21)31(28)2)26(32)27(34)30-16-18-12-14-20(29)15-13-18/h4-15,26H,3,16-17H2,1-2H3,(H,30,34)/t26-/m1/s1. The fourth-order valence-electron chi connectivity index (χ4n) is 4.77. The number of hydrogen-bond acceptors (Lipinski definition) is 3.